The van der Waals surface area contributed by atoms with Crippen molar-refractivity contribution in [1.29, 1.82) is 0 Å². The lowest BCUT2D eigenvalue weighted by Crippen LogP contribution is -2.38. The Kier molecular flexibility index (Phi) is 7.34. The second-order valence-electron chi connectivity index (χ2n) is 10.2. The first kappa shape index (κ1) is 24.6. The Morgan fingerprint density at radius 2 is 1.80 bits per heavy atom. The summed E-state index contributed by atoms with van der Waals surface area (Å²) in [4.78, 5) is 27.1. The normalized spacial score (nSPS) is 17.7. The van der Waals surface area contributed by atoms with Gasteiger partial charge in [-0.2, -0.15) is 0 Å². The van der Waals surface area contributed by atoms with Crippen LogP contribution in [0.5, 0.6) is 17.2 Å². The van der Waals surface area contributed by atoms with Crippen LogP contribution in [0.2, 0.25) is 0 Å². The number of piperidine rings is 1. The monoisotopic (exact) mass is 478 g/mol. The summed E-state index contributed by atoms with van der Waals surface area (Å²) >= 11 is 0. The predicted molar refractivity (Wildman–Crippen MR) is 133 cm³/mol. The quantitative estimate of drug-likeness (QED) is 0.540. The van der Waals surface area contributed by atoms with Crippen molar-refractivity contribution >= 4 is 12.0 Å². The Morgan fingerprint density at radius 3 is 2.54 bits per heavy atom. The summed E-state index contributed by atoms with van der Waals surface area (Å²) in [5.41, 5.74) is 1.88. The van der Waals surface area contributed by atoms with E-state index in [1.54, 1.807) is 18.2 Å². The molecule has 2 aliphatic rings. The number of alkyl carbamates (subject to hydrolysis) is 1. The summed E-state index contributed by atoms with van der Waals surface area (Å²) in [5, 5.41) is 13.0. The fraction of sp³-hybridized carbons (Fsp3) is 0.429. The van der Waals surface area contributed by atoms with Gasteiger partial charge in [0.15, 0.2) is 0 Å². The molecule has 1 unspecified atom stereocenters. The third-order valence-electron chi connectivity index (χ3n) is 6.15. The van der Waals surface area contributed by atoms with Gasteiger partial charge in [-0.1, -0.05) is 18.2 Å². The molecule has 7 heteroatoms. The number of nitrogens with zero attached hydrogens (tertiary/aromatic N) is 1. The van der Waals surface area contributed by atoms with Gasteiger partial charge in [0.2, 0.25) is 0 Å². The van der Waals surface area contributed by atoms with Crippen LogP contribution in [0.25, 0.3) is 0 Å². The van der Waals surface area contributed by atoms with Crippen molar-refractivity contribution in [3.63, 3.8) is 0 Å². The number of phenolic OH excluding ortho intramolecular Hbond substituents is 1. The first-order chi connectivity index (χ1) is 16.7. The molecule has 0 aromatic heterocycles. The van der Waals surface area contributed by atoms with Crippen molar-refractivity contribution < 1.29 is 24.2 Å². The smallest absolute Gasteiger partial charge is 0.407 e. The molecule has 1 aliphatic carbocycles. The van der Waals surface area contributed by atoms with Gasteiger partial charge in [0.25, 0.3) is 5.91 Å². The fourth-order valence-electron chi connectivity index (χ4n) is 4.62. The summed E-state index contributed by atoms with van der Waals surface area (Å²) in [6.45, 7) is 6.47. The Bertz CT molecular complexity index is 1100. The lowest BCUT2D eigenvalue weighted by molar-refractivity contribution is 0.0523. The largest absolute Gasteiger partial charge is 0.508 e. The maximum Gasteiger partial charge on any atom is 0.407 e. The number of allylic oxidation sites excluding steroid dienone is 2. The minimum Gasteiger partial charge on any atom is -0.508 e. The average molecular weight is 479 g/mol. The molecular weight excluding hydrogens is 444 g/mol. The van der Waals surface area contributed by atoms with E-state index < -0.39 is 11.7 Å². The molecule has 1 atom stereocenters. The Labute approximate surface area is 206 Å². The predicted octanol–water partition coefficient (Wildman–Crippen LogP) is 6.13. The molecule has 0 saturated carbocycles. The number of carbonyl (C=O) groups is 2. The molecule has 1 aliphatic heterocycles. The Balaban J connectivity index is 1.41. The lowest BCUT2D eigenvalue weighted by Gasteiger charge is -2.38. The molecule has 1 heterocycles. The van der Waals surface area contributed by atoms with Gasteiger partial charge in [0.05, 0.1) is 0 Å². The number of carbonyl (C=O) groups excluding carboxylic acids is 2. The maximum atomic E-state index is 13.3. The van der Waals surface area contributed by atoms with Crippen LogP contribution < -0.4 is 10.1 Å². The highest BCUT2D eigenvalue weighted by Gasteiger charge is 2.31. The molecule has 2 amide bonds. The molecule has 1 fully saturated rings. The van der Waals surface area contributed by atoms with Crippen LogP contribution in [-0.4, -0.2) is 34.2 Å². The zero-order valence-electron chi connectivity index (χ0n) is 20.7. The van der Waals surface area contributed by atoms with Gasteiger partial charge in [-0.25, -0.2) is 4.79 Å². The molecule has 2 aromatic carbocycles. The third kappa shape index (κ3) is 6.56. The van der Waals surface area contributed by atoms with Crippen molar-refractivity contribution in [2.45, 2.75) is 65.0 Å². The van der Waals surface area contributed by atoms with E-state index in [1.807, 2.05) is 37.8 Å². The number of amides is 2. The standard InChI is InChI=1S/C28H34N2O5/c1-28(2,3)35-27(33)29-18-19-10-12-23(13-11-19)34-24-16-21(15-22(31)17-24)26(32)30-14-6-8-20-7-4-5-9-25(20)30/h9-13,15-17,20,31H,4-8,14,18H2,1-3H3,(H,29,33). The van der Waals surface area contributed by atoms with Gasteiger partial charge >= 0.3 is 6.09 Å². The lowest BCUT2D eigenvalue weighted by atomic mass is 9.84. The van der Waals surface area contributed by atoms with Crippen LogP contribution in [0, 0.1) is 5.92 Å². The van der Waals surface area contributed by atoms with Crippen LogP contribution in [-0.2, 0) is 11.3 Å². The van der Waals surface area contributed by atoms with Crippen molar-refractivity contribution in [2.75, 3.05) is 6.54 Å². The SMILES string of the molecule is CC(C)(C)OC(=O)NCc1ccc(Oc2cc(O)cc(C(=O)N3CCCC4CCCC=C43)c2)cc1. The van der Waals surface area contributed by atoms with Gasteiger partial charge < -0.3 is 24.8 Å². The number of ether oxygens (including phenoxy) is 2. The summed E-state index contributed by atoms with van der Waals surface area (Å²) in [7, 11) is 0. The number of aromatic hydroxyl groups is 1. The fourth-order valence-corrected chi connectivity index (χ4v) is 4.62. The molecular formula is C28H34N2O5. The van der Waals surface area contributed by atoms with Crippen molar-refractivity contribution in [1.82, 2.24) is 10.2 Å². The second-order valence-corrected chi connectivity index (χ2v) is 10.2. The van der Waals surface area contributed by atoms with Gasteiger partial charge in [0, 0.05) is 30.4 Å². The molecule has 4 rings (SSSR count). The molecule has 0 spiro atoms. The topological polar surface area (TPSA) is 88.1 Å². The maximum absolute atomic E-state index is 13.3. The summed E-state index contributed by atoms with van der Waals surface area (Å²) in [6, 6.07) is 11.9. The van der Waals surface area contributed by atoms with Crippen LogP contribution >= 0.6 is 0 Å². The number of hydrogen-bond donors (Lipinski definition) is 2. The summed E-state index contributed by atoms with van der Waals surface area (Å²) in [5.74, 6) is 1.28. The van der Waals surface area contributed by atoms with E-state index >= 15 is 0 Å². The van der Waals surface area contributed by atoms with E-state index in [-0.39, 0.29) is 11.7 Å². The first-order valence-electron chi connectivity index (χ1n) is 12.3. The summed E-state index contributed by atoms with van der Waals surface area (Å²) in [6.07, 6.45) is 7.17. The molecule has 2 aromatic rings. The molecule has 35 heavy (non-hydrogen) atoms. The number of phenols is 1. The van der Waals surface area contributed by atoms with Crippen LogP contribution in [0.1, 0.15) is 68.8 Å². The van der Waals surface area contributed by atoms with E-state index in [0.717, 1.165) is 36.9 Å². The highest BCUT2D eigenvalue weighted by molar-refractivity contribution is 5.96. The minimum atomic E-state index is -0.549. The molecule has 0 bridgehead atoms. The van der Waals surface area contributed by atoms with Gasteiger partial charge in [-0.3, -0.25) is 4.79 Å². The average Bonchev–Trinajstić information content (AvgIpc) is 2.81. The van der Waals surface area contributed by atoms with E-state index in [1.165, 1.54) is 18.6 Å². The highest BCUT2D eigenvalue weighted by Crippen LogP contribution is 2.36. The van der Waals surface area contributed by atoms with Crippen LogP contribution in [0.15, 0.2) is 54.2 Å². The highest BCUT2D eigenvalue weighted by atomic mass is 16.6. The number of hydrogen-bond acceptors (Lipinski definition) is 5. The van der Waals surface area contributed by atoms with Gasteiger partial charge in [-0.05, 0) is 88.6 Å². The van der Waals surface area contributed by atoms with Crippen LogP contribution in [0.3, 0.4) is 0 Å². The number of likely N-dealkylation sites (tertiary alicyclic amines) is 1. The van der Waals surface area contributed by atoms with Crippen molar-refractivity contribution in [2.24, 2.45) is 5.92 Å². The van der Waals surface area contributed by atoms with Gasteiger partial charge in [0.1, 0.15) is 22.8 Å². The number of benzene rings is 2. The molecule has 7 nitrogen and oxygen atoms in total. The third-order valence-corrected chi connectivity index (χ3v) is 6.15. The zero-order valence-corrected chi connectivity index (χ0v) is 20.7. The molecule has 2 N–H and O–H groups in total. The van der Waals surface area contributed by atoms with E-state index in [9.17, 15) is 14.7 Å². The Morgan fingerprint density at radius 1 is 1.06 bits per heavy atom. The number of nitrogens with one attached hydrogen (secondary N) is 1. The Hall–Kier alpha value is -3.48. The van der Waals surface area contributed by atoms with Crippen molar-refractivity contribution in [3.05, 3.63) is 65.4 Å². The number of rotatable bonds is 5. The van der Waals surface area contributed by atoms with E-state index in [2.05, 4.69) is 11.4 Å². The molecule has 0 radical (unpaired) electrons. The van der Waals surface area contributed by atoms with E-state index in [0.29, 0.717) is 36.1 Å². The second kappa shape index (κ2) is 10.4. The number of fused-ring (bicyclic) bond motifs is 1. The molecule has 186 valence electrons. The molecule has 1 saturated heterocycles. The van der Waals surface area contributed by atoms with E-state index in [4.69, 9.17) is 9.47 Å². The van der Waals surface area contributed by atoms with Crippen LogP contribution in [0.4, 0.5) is 4.79 Å². The zero-order chi connectivity index (χ0) is 25.0. The summed E-state index contributed by atoms with van der Waals surface area (Å²) < 4.78 is 11.2. The first-order valence-corrected chi connectivity index (χ1v) is 12.3. The van der Waals surface area contributed by atoms with Crippen molar-refractivity contribution in [3.8, 4) is 17.2 Å². The minimum absolute atomic E-state index is 0.0183. The van der Waals surface area contributed by atoms with Gasteiger partial charge in [-0.15, -0.1) is 0 Å².